The first-order valence-electron chi connectivity index (χ1n) is 8.09. The van der Waals surface area contributed by atoms with Crippen molar-refractivity contribution in [3.63, 3.8) is 0 Å². The maximum atomic E-state index is 12.6. The summed E-state index contributed by atoms with van der Waals surface area (Å²) in [5.74, 6) is -0.365. The standard InChI is InChI=1S/C21H17ClN2O2/c1-13-10-18(15-6-4-3-5-7-15)19(11-17(13)14(2)25)24-21(26)16-8-9-20(22)23-12-16/h3-12H,1-2H3,(H,24,26). The molecule has 0 fully saturated rings. The first-order valence-corrected chi connectivity index (χ1v) is 8.47. The molecule has 3 rings (SSSR count). The molecule has 1 N–H and O–H groups in total. The second kappa shape index (κ2) is 7.50. The van der Waals surface area contributed by atoms with E-state index in [4.69, 9.17) is 11.6 Å². The third-order valence-electron chi connectivity index (χ3n) is 4.07. The average molecular weight is 365 g/mol. The number of rotatable bonds is 4. The van der Waals surface area contributed by atoms with Crippen LogP contribution in [0, 0.1) is 6.92 Å². The highest BCUT2D eigenvalue weighted by Gasteiger charge is 2.15. The molecule has 26 heavy (non-hydrogen) atoms. The molecule has 0 atom stereocenters. The Labute approximate surface area is 156 Å². The number of amides is 1. The van der Waals surface area contributed by atoms with Gasteiger partial charge in [0.05, 0.1) is 5.56 Å². The van der Waals surface area contributed by atoms with Gasteiger partial charge in [0.1, 0.15) is 5.15 Å². The number of hydrogen-bond acceptors (Lipinski definition) is 3. The maximum absolute atomic E-state index is 12.6. The molecular weight excluding hydrogens is 348 g/mol. The lowest BCUT2D eigenvalue weighted by Gasteiger charge is -2.15. The van der Waals surface area contributed by atoms with Crippen LogP contribution in [0.5, 0.6) is 0 Å². The van der Waals surface area contributed by atoms with Crippen molar-refractivity contribution < 1.29 is 9.59 Å². The van der Waals surface area contributed by atoms with Gasteiger partial charge in [-0.3, -0.25) is 9.59 Å². The lowest BCUT2D eigenvalue weighted by Crippen LogP contribution is -2.14. The van der Waals surface area contributed by atoms with E-state index < -0.39 is 0 Å². The smallest absolute Gasteiger partial charge is 0.257 e. The number of aromatic nitrogens is 1. The molecule has 3 aromatic rings. The van der Waals surface area contributed by atoms with Crippen LogP contribution in [0.15, 0.2) is 60.8 Å². The number of anilines is 1. The van der Waals surface area contributed by atoms with Crippen LogP contribution < -0.4 is 5.32 Å². The van der Waals surface area contributed by atoms with Crippen molar-refractivity contribution >= 4 is 29.0 Å². The summed E-state index contributed by atoms with van der Waals surface area (Å²) in [6.07, 6.45) is 1.42. The molecule has 0 bridgehead atoms. The zero-order valence-corrected chi connectivity index (χ0v) is 15.2. The van der Waals surface area contributed by atoms with E-state index in [9.17, 15) is 9.59 Å². The number of carbonyl (C=O) groups excluding carboxylic acids is 2. The lowest BCUT2D eigenvalue weighted by molar-refractivity contribution is 0.101. The minimum Gasteiger partial charge on any atom is -0.321 e. The van der Waals surface area contributed by atoms with Gasteiger partial charge in [-0.05, 0) is 49.2 Å². The number of nitrogens with zero attached hydrogens (tertiary/aromatic N) is 1. The molecule has 1 aromatic heterocycles. The van der Waals surface area contributed by atoms with E-state index in [0.29, 0.717) is 22.0 Å². The molecule has 1 amide bonds. The Morgan fingerprint density at radius 1 is 1.04 bits per heavy atom. The summed E-state index contributed by atoms with van der Waals surface area (Å²) in [4.78, 5) is 28.5. The fourth-order valence-electron chi connectivity index (χ4n) is 2.75. The summed E-state index contributed by atoms with van der Waals surface area (Å²) in [6.45, 7) is 3.40. The van der Waals surface area contributed by atoms with Crippen LogP contribution >= 0.6 is 11.6 Å². The highest BCUT2D eigenvalue weighted by Crippen LogP contribution is 2.31. The zero-order valence-electron chi connectivity index (χ0n) is 14.4. The van der Waals surface area contributed by atoms with Gasteiger partial charge in [0.25, 0.3) is 5.91 Å². The number of hydrogen-bond donors (Lipinski definition) is 1. The van der Waals surface area contributed by atoms with Gasteiger partial charge in [-0.2, -0.15) is 0 Å². The molecule has 0 spiro atoms. The average Bonchev–Trinajstić information content (AvgIpc) is 2.63. The van der Waals surface area contributed by atoms with Crippen molar-refractivity contribution in [2.75, 3.05) is 5.32 Å². The van der Waals surface area contributed by atoms with Gasteiger partial charge in [-0.15, -0.1) is 0 Å². The van der Waals surface area contributed by atoms with Crippen molar-refractivity contribution in [2.24, 2.45) is 0 Å². The summed E-state index contributed by atoms with van der Waals surface area (Å²) in [7, 11) is 0. The molecule has 0 unspecified atom stereocenters. The number of halogens is 1. The van der Waals surface area contributed by atoms with Crippen molar-refractivity contribution in [1.82, 2.24) is 4.98 Å². The van der Waals surface area contributed by atoms with E-state index in [0.717, 1.165) is 16.7 Å². The van der Waals surface area contributed by atoms with Gasteiger partial charge >= 0.3 is 0 Å². The highest BCUT2D eigenvalue weighted by atomic mass is 35.5. The van der Waals surface area contributed by atoms with Gasteiger partial charge in [-0.1, -0.05) is 41.9 Å². The molecule has 0 aliphatic rings. The van der Waals surface area contributed by atoms with Crippen LogP contribution in [0.25, 0.3) is 11.1 Å². The van der Waals surface area contributed by atoms with E-state index >= 15 is 0 Å². The van der Waals surface area contributed by atoms with Gasteiger partial charge in [0, 0.05) is 23.0 Å². The fourth-order valence-corrected chi connectivity index (χ4v) is 2.86. The third kappa shape index (κ3) is 3.81. The van der Waals surface area contributed by atoms with E-state index in [2.05, 4.69) is 10.3 Å². The summed E-state index contributed by atoms with van der Waals surface area (Å²) in [6, 6.07) is 16.5. The Morgan fingerprint density at radius 2 is 1.77 bits per heavy atom. The third-order valence-corrected chi connectivity index (χ3v) is 4.29. The number of Topliss-reactive ketones (excluding diaryl/α,β-unsaturated/α-hetero) is 1. The van der Waals surface area contributed by atoms with Crippen LogP contribution in [-0.2, 0) is 0 Å². The van der Waals surface area contributed by atoms with Gasteiger partial charge in [0.2, 0.25) is 0 Å². The molecule has 4 nitrogen and oxygen atoms in total. The summed E-state index contributed by atoms with van der Waals surface area (Å²) in [5.41, 5.74) is 4.21. The Kier molecular flexibility index (Phi) is 5.14. The number of nitrogens with one attached hydrogen (secondary N) is 1. The molecule has 0 saturated heterocycles. The maximum Gasteiger partial charge on any atom is 0.257 e. The largest absolute Gasteiger partial charge is 0.321 e. The van der Waals surface area contributed by atoms with Crippen molar-refractivity contribution in [2.45, 2.75) is 13.8 Å². The zero-order chi connectivity index (χ0) is 18.7. The van der Waals surface area contributed by atoms with Crippen LogP contribution in [0.1, 0.15) is 33.2 Å². The Morgan fingerprint density at radius 3 is 2.38 bits per heavy atom. The topological polar surface area (TPSA) is 59.1 Å². The van der Waals surface area contributed by atoms with Gasteiger partial charge in [-0.25, -0.2) is 4.98 Å². The summed E-state index contributed by atoms with van der Waals surface area (Å²) >= 11 is 5.77. The monoisotopic (exact) mass is 364 g/mol. The second-order valence-electron chi connectivity index (χ2n) is 5.96. The lowest BCUT2D eigenvalue weighted by atomic mass is 9.96. The van der Waals surface area contributed by atoms with E-state index in [-0.39, 0.29) is 11.7 Å². The van der Waals surface area contributed by atoms with E-state index in [1.54, 1.807) is 18.2 Å². The Hall–Kier alpha value is -2.98. The van der Waals surface area contributed by atoms with Gasteiger partial charge < -0.3 is 5.32 Å². The quantitative estimate of drug-likeness (QED) is 0.513. The second-order valence-corrected chi connectivity index (χ2v) is 6.35. The molecule has 0 aliphatic heterocycles. The predicted molar refractivity (Wildman–Crippen MR) is 104 cm³/mol. The SMILES string of the molecule is CC(=O)c1cc(NC(=O)c2ccc(Cl)nc2)c(-c2ccccc2)cc1C. The Balaban J connectivity index is 2.06. The first kappa shape index (κ1) is 17.8. The molecule has 0 saturated carbocycles. The molecule has 130 valence electrons. The summed E-state index contributed by atoms with van der Waals surface area (Å²) in [5, 5.41) is 3.21. The first-order chi connectivity index (χ1) is 12.5. The van der Waals surface area contributed by atoms with Gasteiger partial charge in [0.15, 0.2) is 5.78 Å². The minimum atomic E-state index is -0.315. The van der Waals surface area contributed by atoms with Crippen LogP contribution in [0.3, 0.4) is 0 Å². The molecular formula is C21H17ClN2O2. The molecule has 0 aliphatic carbocycles. The van der Waals surface area contributed by atoms with Crippen LogP contribution in [-0.4, -0.2) is 16.7 Å². The van der Waals surface area contributed by atoms with Crippen molar-refractivity contribution in [1.29, 1.82) is 0 Å². The molecule has 1 heterocycles. The predicted octanol–water partition coefficient (Wildman–Crippen LogP) is 5.17. The fraction of sp³-hybridized carbons (Fsp3) is 0.0952. The van der Waals surface area contributed by atoms with Crippen LogP contribution in [0.2, 0.25) is 5.15 Å². The number of benzene rings is 2. The van der Waals surface area contributed by atoms with E-state index in [1.165, 1.54) is 13.1 Å². The number of ketones is 1. The number of aryl methyl sites for hydroxylation is 1. The number of carbonyl (C=O) groups is 2. The summed E-state index contributed by atoms with van der Waals surface area (Å²) < 4.78 is 0. The highest BCUT2D eigenvalue weighted by molar-refractivity contribution is 6.29. The van der Waals surface area contributed by atoms with Crippen molar-refractivity contribution in [3.8, 4) is 11.1 Å². The number of pyridine rings is 1. The van der Waals surface area contributed by atoms with Crippen molar-refractivity contribution in [3.05, 3.63) is 82.6 Å². The Bertz CT molecular complexity index is 967. The molecule has 5 heteroatoms. The minimum absolute atomic E-state index is 0.0502. The van der Waals surface area contributed by atoms with E-state index in [1.807, 2.05) is 43.3 Å². The normalized spacial score (nSPS) is 10.4. The van der Waals surface area contributed by atoms with Crippen LogP contribution in [0.4, 0.5) is 5.69 Å². The molecule has 2 aromatic carbocycles. The molecule has 0 radical (unpaired) electrons.